The second-order valence-corrected chi connectivity index (χ2v) is 8.93. The zero-order valence-electron chi connectivity index (χ0n) is 13.0. The number of hydrogen-bond acceptors (Lipinski definition) is 5. The van der Waals surface area contributed by atoms with Gasteiger partial charge in [-0.05, 0) is 18.9 Å². The molecule has 1 saturated heterocycles. The maximum Gasteiger partial charge on any atom is 0.125 e. The second-order valence-electron chi connectivity index (χ2n) is 6.39. The Bertz CT molecular complexity index is 652. The third-order valence-corrected chi connectivity index (χ3v) is 5.29. The van der Waals surface area contributed by atoms with Crippen molar-refractivity contribution >= 4 is 9.73 Å². The summed E-state index contributed by atoms with van der Waals surface area (Å²) in [6, 6.07) is 7.54. The van der Waals surface area contributed by atoms with Crippen LogP contribution in [0.15, 0.2) is 28.6 Å². The highest BCUT2D eigenvalue weighted by Gasteiger charge is 2.47. The fraction of sp³-hybridized carbons (Fsp3) is 0.625. The standard InChI is InChI=1S/C16H23NO4S/c1-22(2,19)17-16(7-9-20-10-8-16)13-11-21-14-6-4-3-5-12(14)15(13)18/h3-6,13,15,18H,7-11H2,1-2H3. The Hall–Kier alpha value is -1.11. The van der Waals surface area contributed by atoms with Crippen molar-refractivity contribution in [1.29, 1.82) is 0 Å². The quantitative estimate of drug-likeness (QED) is 0.903. The molecule has 0 saturated carbocycles. The van der Waals surface area contributed by atoms with Crippen molar-refractivity contribution in [3.63, 3.8) is 0 Å². The van der Waals surface area contributed by atoms with Crippen LogP contribution < -0.4 is 4.74 Å². The molecule has 0 bridgehead atoms. The lowest BCUT2D eigenvalue weighted by atomic mass is 9.73. The van der Waals surface area contributed by atoms with E-state index in [1.165, 1.54) is 0 Å². The molecule has 6 heteroatoms. The molecule has 2 aliphatic rings. The highest BCUT2D eigenvalue weighted by molar-refractivity contribution is 7.92. The number of nitrogens with zero attached hydrogens (tertiary/aromatic N) is 1. The van der Waals surface area contributed by atoms with E-state index >= 15 is 0 Å². The lowest BCUT2D eigenvalue weighted by Crippen LogP contribution is -2.48. The molecule has 1 N–H and O–H groups in total. The average Bonchev–Trinajstić information content (AvgIpc) is 2.47. The third kappa shape index (κ3) is 3.00. The van der Waals surface area contributed by atoms with Gasteiger partial charge in [0.25, 0.3) is 0 Å². The maximum atomic E-state index is 12.3. The molecule has 0 radical (unpaired) electrons. The van der Waals surface area contributed by atoms with E-state index in [4.69, 9.17) is 9.47 Å². The summed E-state index contributed by atoms with van der Waals surface area (Å²) in [6.07, 6.45) is 3.97. The zero-order valence-corrected chi connectivity index (χ0v) is 13.8. The molecule has 5 nitrogen and oxygen atoms in total. The van der Waals surface area contributed by atoms with Crippen LogP contribution in [0.25, 0.3) is 0 Å². The summed E-state index contributed by atoms with van der Waals surface area (Å²) in [5.74, 6) is 0.522. The molecule has 1 aromatic rings. The van der Waals surface area contributed by atoms with Crippen molar-refractivity contribution in [2.24, 2.45) is 10.3 Å². The minimum absolute atomic E-state index is 0.202. The van der Waals surface area contributed by atoms with Crippen LogP contribution in [-0.4, -0.2) is 47.2 Å². The van der Waals surface area contributed by atoms with E-state index in [-0.39, 0.29) is 5.92 Å². The van der Waals surface area contributed by atoms with E-state index in [0.29, 0.717) is 32.7 Å². The summed E-state index contributed by atoms with van der Waals surface area (Å²) in [5, 5.41) is 10.9. The van der Waals surface area contributed by atoms with Gasteiger partial charge in [-0.25, -0.2) is 4.36 Å². The molecule has 2 unspecified atom stereocenters. The number of aliphatic hydroxyl groups is 1. The topological polar surface area (TPSA) is 68.1 Å². The first-order valence-corrected chi connectivity index (χ1v) is 9.90. The van der Waals surface area contributed by atoms with E-state index in [1.807, 2.05) is 24.3 Å². The minimum atomic E-state index is -2.28. The van der Waals surface area contributed by atoms with Crippen molar-refractivity contribution in [3.05, 3.63) is 29.8 Å². The molecule has 3 rings (SSSR count). The molecule has 2 heterocycles. The maximum absolute atomic E-state index is 12.3. The van der Waals surface area contributed by atoms with Crippen LogP contribution in [0.3, 0.4) is 0 Å². The Morgan fingerprint density at radius 1 is 1.27 bits per heavy atom. The van der Waals surface area contributed by atoms with Gasteiger partial charge in [-0.2, -0.15) is 0 Å². The third-order valence-electron chi connectivity index (χ3n) is 4.49. The molecule has 2 aliphatic heterocycles. The van der Waals surface area contributed by atoms with Gasteiger partial charge >= 0.3 is 0 Å². The monoisotopic (exact) mass is 325 g/mol. The van der Waals surface area contributed by atoms with E-state index in [2.05, 4.69) is 4.36 Å². The van der Waals surface area contributed by atoms with Crippen LogP contribution in [-0.2, 0) is 14.5 Å². The Morgan fingerprint density at radius 3 is 2.64 bits per heavy atom. The number of benzene rings is 1. The molecule has 0 aromatic heterocycles. The van der Waals surface area contributed by atoms with Crippen molar-refractivity contribution in [3.8, 4) is 5.75 Å². The van der Waals surface area contributed by atoms with Gasteiger partial charge in [0.1, 0.15) is 5.75 Å². The van der Waals surface area contributed by atoms with Gasteiger partial charge in [-0.1, -0.05) is 18.2 Å². The first kappa shape index (κ1) is 15.8. The van der Waals surface area contributed by atoms with Gasteiger partial charge < -0.3 is 14.6 Å². The number of rotatable bonds is 2. The molecule has 122 valence electrons. The average molecular weight is 325 g/mol. The number of ether oxygens (including phenoxy) is 2. The molecule has 1 aromatic carbocycles. The smallest absolute Gasteiger partial charge is 0.125 e. The predicted octanol–water partition coefficient (Wildman–Crippen LogP) is 2.01. The molecule has 0 amide bonds. The molecule has 2 atom stereocenters. The predicted molar refractivity (Wildman–Crippen MR) is 85.6 cm³/mol. The van der Waals surface area contributed by atoms with Gasteiger partial charge in [0, 0.05) is 46.9 Å². The van der Waals surface area contributed by atoms with E-state index < -0.39 is 21.4 Å². The van der Waals surface area contributed by atoms with Crippen molar-refractivity contribution in [2.75, 3.05) is 32.3 Å². The summed E-state index contributed by atoms with van der Waals surface area (Å²) < 4.78 is 28.3. The van der Waals surface area contributed by atoms with Crippen LogP contribution >= 0.6 is 0 Å². The second kappa shape index (κ2) is 5.83. The van der Waals surface area contributed by atoms with E-state index in [9.17, 15) is 9.32 Å². The Labute approximate surface area is 131 Å². The fourth-order valence-electron chi connectivity index (χ4n) is 3.49. The van der Waals surface area contributed by atoms with E-state index in [1.54, 1.807) is 12.5 Å². The van der Waals surface area contributed by atoms with Crippen LogP contribution in [0.5, 0.6) is 5.75 Å². The molecule has 0 spiro atoms. The highest BCUT2D eigenvalue weighted by Crippen LogP contribution is 2.45. The Kier molecular flexibility index (Phi) is 4.18. The first-order chi connectivity index (χ1) is 10.4. The molecule has 1 fully saturated rings. The molecule has 0 aliphatic carbocycles. The van der Waals surface area contributed by atoms with E-state index in [0.717, 1.165) is 11.3 Å². The van der Waals surface area contributed by atoms with Crippen molar-refractivity contribution in [1.82, 2.24) is 0 Å². The lowest BCUT2D eigenvalue weighted by Gasteiger charge is -2.44. The first-order valence-electron chi connectivity index (χ1n) is 7.57. The van der Waals surface area contributed by atoms with Crippen molar-refractivity contribution in [2.45, 2.75) is 24.5 Å². The summed E-state index contributed by atoms with van der Waals surface area (Å²) in [4.78, 5) is 0. The summed E-state index contributed by atoms with van der Waals surface area (Å²) >= 11 is 0. The number of aliphatic hydroxyl groups excluding tert-OH is 1. The minimum Gasteiger partial charge on any atom is -0.493 e. The lowest BCUT2D eigenvalue weighted by molar-refractivity contribution is -0.0385. The number of fused-ring (bicyclic) bond motifs is 1. The number of hydrogen-bond donors (Lipinski definition) is 1. The Balaban J connectivity index is 2.01. The van der Waals surface area contributed by atoms with Crippen LogP contribution in [0.4, 0.5) is 0 Å². The highest BCUT2D eigenvalue weighted by atomic mass is 32.2. The summed E-state index contributed by atoms with van der Waals surface area (Å²) in [7, 11) is -2.28. The van der Waals surface area contributed by atoms with Crippen molar-refractivity contribution < 1.29 is 18.8 Å². The van der Waals surface area contributed by atoms with Gasteiger partial charge in [0.05, 0.1) is 18.2 Å². The van der Waals surface area contributed by atoms with Gasteiger partial charge in [0.2, 0.25) is 0 Å². The molecular formula is C16H23NO4S. The molecular weight excluding hydrogens is 302 g/mol. The SMILES string of the molecule is CS(C)(=O)=NC1(C2COc3ccccc3C2O)CCOCC1. The van der Waals surface area contributed by atoms with Crippen LogP contribution in [0.2, 0.25) is 0 Å². The Morgan fingerprint density at radius 2 is 1.95 bits per heavy atom. The largest absolute Gasteiger partial charge is 0.493 e. The summed E-state index contributed by atoms with van der Waals surface area (Å²) in [5.41, 5.74) is 0.240. The molecule has 22 heavy (non-hydrogen) atoms. The summed E-state index contributed by atoms with van der Waals surface area (Å²) in [6.45, 7) is 1.53. The normalized spacial score (nSPS) is 27.6. The number of para-hydroxylation sites is 1. The van der Waals surface area contributed by atoms with Gasteiger partial charge in [0.15, 0.2) is 0 Å². The zero-order chi connectivity index (χ0) is 15.8. The van der Waals surface area contributed by atoms with Crippen LogP contribution in [0.1, 0.15) is 24.5 Å². The fourth-order valence-corrected chi connectivity index (χ4v) is 4.68. The van der Waals surface area contributed by atoms with Gasteiger partial charge in [-0.15, -0.1) is 0 Å². The van der Waals surface area contributed by atoms with Crippen LogP contribution in [0, 0.1) is 5.92 Å². The van der Waals surface area contributed by atoms with Gasteiger partial charge in [-0.3, -0.25) is 4.21 Å².